The van der Waals surface area contributed by atoms with Crippen LogP contribution in [-0.4, -0.2) is 9.97 Å². The van der Waals surface area contributed by atoms with Crippen molar-refractivity contribution in [2.75, 3.05) is 0 Å². The van der Waals surface area contributed by atoms with Crippen molar-refractivity contribution >= 4 is 56.7 Å². The van der Waals surface area contributed by atoms with Gasteiger partial charge in [-0.25, -0.2) is 9.97 Å². The van der Waals surface area contributed by atoms with Crippen LogP contribution in [0, 0.1) is 10.5 Å². The van der Waals surface area contributed by atoms with E-state index < -0.39 is 0 Å². The molecule has 0 bridgehead atoms. The van der Waals surface area contributed by atoms with Crippen LogP contribution in [0.3, 0.4) is 0 Å². The van der Waals surface area contributed by atoms with Gasteiger partial charge in [-0.2, -0.15) is 0 Å². The number of nitrogens with zero attached hydrogens (tertiary/aromatic N) is 2. The molecule has 2 rings (SSSR count). The Morgan fingerprint density at radius 2 is 1.93 bits per heavy atom. The molecular formula is C9H5Cl2IN2. The summed E-state index contributed by atoms with van der Waals surface area (Å²) >= 11 is 13.9. The number of rotatable bonds is 0. The lowest BCUT2D eigenvalue weighted by Gasteiger charge is -2.04. The van der Waals surface area contributed by atoms with E-state index in [9.17, 15) is 0 Å². The Kier molecular flexibility index (Phi) is 2.81. The van der Waals surface area contributed by atoms with Gasteiger partial charge in [0.05, 0.1) is 5.52 Å². The predicted octanol–water partition coefficient (Wildman–Crippen LogP) is 3.85. The first-order chi connectivity index (χ1) is 6.58. The van der Waals surface area contributed by atoms with Crippen molar-refractivity contribution < 1.29 is 0 Å². The summed E-state index contributed by atoms with van der Waals surface area (Å²) in [5, 5.41) is 1.44. The Balaban J connectivity index is 2.94. The molecule has 0 saturated carbocycles. The Labute approximate surface area is 105 Å². The van der Waals surface area contributed by atoms with Crippen LogP contribution < -0.4 is 0 Å². The summed E-state index contributed by atoms with van der Waals surface area (Å²) in [5.74, 6) is 0. The summed E-state index contributed by atoms with van der Waals surface area (Å²) in [6, 6.07) is 3.98. The van der Waals surface area contributed by atoms with E-state index in [-0.39, 0.29) is 5.28 Å². The molecule has 1 aromatic carbocycles. The fourth-order valence-corrected chi connectivity index (χ4v) is 2.51. The van der Waals surface area contributed by atoms with E-state index in [2.05, 4.69) is 32.6 Å². The smallest absolute Gasteiger partial charge is 0.218 e. The maximum absolute atomic E-state index is 5.97. The predicted molar refractivity (Wildman–Crippen MR) is 67.0 cm³/mol. The topological polar surface area (TPSA) is 25.8 Å². The standard InChI is InChI=1S/C9H5Cl2IN2/c1-4-2-5(12)3-6-7(4)13-9(11)14-8(6)10/h2-3H,1H3. The zero-order chi connectivity index (χ0) is 10.3. The molecule has 72 valence electrons. The molecule has 1 aromatic heterocycles. The van der Waals surface area contributed by atoms with E-state index in [1.165, 1.54) is 0 Å². The van der Waals surface area contributed by atoms with Gasteiger partial charge in [-0.1, -0.05) is 11.6 Å². The lowest BCUT2D eigenvalue weighted by atomic mass is 10.1. The van der Waals surface area contributed by atoms with E-state index in [1.54, 1.807) is 0 Å². The SMILES string of the molecule is Cc1cc(I)cc2c(Cl)nc(Cl)nc12. The van der Waals surface area contributed by atoms with Crippen LogP contribution in [0.15, 0.2) is 12.1 Å². The van der Waals surface area contributed by atoms with Gasteiger partial charge in [0.1, 0.15) is 5.15 Å². The van der Waals surface area contributed by atoms with Gasteiger partial charge < -0.3 is 0 Å². The molecule has 0 aliphatic rings. The Morgan fingerprint density at radius 3 is 2.64 bits per heavy atom. The Hall–Kier alpha value is -0.130. The van der Waals surface area contributed by atoms with Gasteiger partial charge in [0.2, 0.25) is 5.28 Å². The van der Waals surface area contributed by atoms with Crippen LogP contribution >= 0.6 is 45.8 Å². The third-order valence-electron chi connectivity index (χ3n) is 1.88. The number of hydrogen-bond acceptors (Lipinski definition) is 2. The molecule has 0 aliphatic carbocycles. The molecule has 5 heteroatoms. The van der Waals surface area contributed by atoms with Crippen LogP contribution in [0.2, 0.25) is 10.4 Å². The largest absolute Gasteiger partial charge is 0.224 e. The first-order valence-electron chi connectivity index (χ1n) is 3.87. The molecule has 1 heterocycles. The molecule has 0 amide bonds. The van der Waals surface area contributed by atoms with E-state index in [4.69, 9.17) is 23.2 Å². The van der Waals surface area contributed by atoms with Gasteiger partial charge in [-0.3, -0.25) is 0 Å². The minimum absolute atomic E-state index is 0.187. The molecule has 0 atom stereocenters. The molecule has 0 aliphatic heterocycles. The second-order valence-electron chi connectivity index (χ2n) is 2.90. The maximum Gasteiger partial charge on any atom is 0.224 e. The molecule has 0 unspecified atom stereocenters. The molecule has 0 spiro atoms. The van der Waals surface area contributed by atoms with Crippen molar-refractivity contribution in [3.05, 3.63) is 31.7 Å². The highest BCUT2D eigenvalue weighted by Gasteiger charge is 2.07. The summed E-state index contributed by atoms with van der Waals surface area (Å²) in [6.07, 6.45) is 0. The second-order valence-corrected chi connectivity index (χ2v) is 4.84. The highest BCUT2D eigenvalue weighted by Crippen LogP contribution is 2.26. The lowest BCUT2D eigenvalue weighted by Crippen LogP contribution is -1.90. The first-order valence-corrected chi connectivity index (χ1v) is 5.70. The minimum Gasteiger partial charge on any atom is -0.218 e. The second kappa shape index (κ2) is 3.79. The van der Waals surface area contributed by atoms with Crippen LogP contribution in [0.5, 0.6) is 0 Å². The summed E-state index contributed by atoms with van der Waals surface area (Å²) in [4.78, 5) is 8.04. The highest BCUT2D eigenvalue weighted by molar-refractivity contribution is 14.1. The molecule has 0 N–H and O–H groups in total. The van der Waals surface area contributed by atoms with Crippen molar-refractivity contribution in [3.8, 4) is 0 Å². The van der Waals surface area contributed by atoms with Crippen LogP contribution in [-0.2, 0) is 0 Å². The molecule has 0 fully saturated rings. The van der Waals surface area contributed by atoms with E-state index in [1.807, 2.05) is 19.1 Å². The normalized spacial score (nSPS) is 10.9. The van der Waals surface area contributed by atoms with Crippen LogP contribution in [0.1, 0.15) is 5.56 Å². The monoisotopic (exact) mass is 338 g/mol. The van der Waals surface area contributed by atoms with Gasteiger partial charge in [0, 0.05) is 8.96 Å². The summed E-state index contributed by atoms with van der Waals surface area (Å²) < 4.78 is 1.11. The van der Waals surface area contributed by atoms with Gasteiger partial charge in [-0.05, 0) is 58.8 Å². The zero-order valence-electron chi connectivity index (χ0n) is 7.18. The quantitative estimate of drug-likeness (QED) is 0.414. The maximum atomic E-state index is 5.97. The van der Waals surface area contributed by atoms with Gasteiger partial charge in [0.15, 0.2) is 0 Å². The van der Waals surface area contributed by atoms with Crippen molar-refractivity contribution in [2.45, 2.75) is 6.92 Å². The lowest BCUT2D eigenvalue weighted by molar-refractivity contribution is 1.21. The van der Waals surface area contributed by atoms with E-state index in [0.29, 0.717) is 5.15 Å². The van der Waals surface area contributed by atoms with Crippen LogP contribution in [0.25, 0.3) is 10.9 Å². The van der Waals surface area contributed by atoms with E-state index >= 15 is 0 Å². The third-order valence-corrected chi connectivity index (χ3v) is 2.96. The number of fused-ring (bicyclic) bond motifs is 1. The Bertz CT molecular complexity index is 466. The number of benzene rings is 1. The average molecular weight is 339 g/mol. The molecule has 2 nitrogen and oxygen atoms in total. The summed E-state index contributed by atoms with van der Waals surface area (Å²) in [7, 11) is 0. The molecular weight excluding hydrogens is 334 g/mol. The van der Waals surface area contributed by atoms with Gasteiger partial charge >= 0.3 is 0 Å². The zero-order valence-corrected chi connectivity index (χ0v) is 10.9. The summed E-state index contributed by atoms with van der Waals surface area (Å²) in [5.41, 5.74) is 1.87. The fourth-order valence-electron chi connectivity index (χ4n) is 1.30. The molecule has 2 aromatic rings. The van der Waals surface area contributed by atoms with Gasteiger partial charge in [0.25, 0.3) is 0 Å². The van der Waals surface area contributed by atoms with Crippen molar-refractivity contribution in [2.24, 2.45) is 0 Å². The van der Waals surface area contributed by atoms with Crippen molar-refractivity contribution in [3.63, 3.8) is 0 Å². The van der Waals surface area contributed by atoms with E-state index in [0.717, 1.165) is 20.0 Å². The molecule has 0 saturated heterocycles. The van der Waals surface area contributed by atoms with Crippen molar-refractivity contribution in [1.29, 1.82) is 0 Å². The van der Waals surface area contributed by atoms with Gasteiger partial charge in [-0.15, -0.1) is 0 Å². The summed E-state index contributed by atoms with van der Waals surface area (Å²) in [6.45, 7) is 1.98. The average Bonchev–Trinajstić information content (AvgIpc) is 2.07. The minimum atomic E-state index is 0.187. The van der Waals surface area contributed by atoms with Crippen LogP contribution in [0.4, 0.5) is 0 Å². The number of halogens is 3. The number of aryl methyl sites for hydroxylation is 1. The van der Waals surface area contributed by atoms with Crippen molar-refractivity contribution in [1.82, 2.24) is 9.97 Å². The molecule has 14 heavy (non-hydrogen) atoms. The number of aromatic nitrogens is 2. The third kappa shape index (κ3) is 1.81. The highest BCUT2D eigenvalue weighted by atomic mass is 127. The first kappa shape index (κ1) is 10.4. The number of hydrogen-bond donors (Lipinski definition) is 0. The molecule has 0 radical (unpaired) electrons. The fraction of sp³-hybridized carbons (Fsp3) is 0.111. The Morgan fingerprint density at radius 1 is 1.21 bits per heavy atom.